The van der Waals surface area contributed by atoms with Crippen LogP contribution in [0.3, 0.4) is 0 Å². The summed E-state index contributed by atoms with van der Waals surface area (Å²) in [7, 11) is 1.33. The molecular formula is C11H20N2O3S. The predicted molar refractivity (Wildman–Crippen MR) is 68.1 cm³/mol. The lowest BCUT2D eigenvalue weighted by atomic mass is 10.1. The number of thiol groups is 1. The minimum atomic E-state index is -0.449. The number of likely N-dealkylation sites (tertiary alicyclic amines) is 1. The molecule has 0 saturated carbocycles. The standard InChI is InChI=1S/C11H20N2O3S/c1-7(2)9(17)10(14)13-5-4-8(6-13)12-11(15)16-3/h7-9,17H,4-6H2,1-3H3,(H,12,15). The molecule has 0 aromatic rings. The van der Waals surface area contributed by atoms with E-state index in [0.29, 0.717) is 13.1 Å². The quantitative estimate of drug-likeness (QED) is 0.741. The largest absolute Gasteiger partial charge is 0.453 e. The molecule has 1 rings (SSSR count). The van der Waals surface area contributed by atoms with Crippen LogP contribution in [0, 0.1) is 5.92 Å². The molecular weight excluding hydrogens is 240 g/mol. The van der Waals surface area contributed by atoms with Crippen LogP contribution in [-0.2, 0) is 9.53 Å². The molecule has 0 aliphatic carbocycles. The Bertz CT molecular complexity index is 296. The number of carbonyl (C=O) groups excluding carboxylic acids is 2. The lowest BCUT2D eigenvalue weighted by molar-refractivity contribution is -0.130. The second-order valence-electron chi connectivity index (χ2n) is 4.59. The van der Waals surface area contributed by atoms with E-state index < -0.39 is 6.09 Å². The first-order chi connectivity index (χ1) is 7.95. The van der Waals surface area contributed by atoms with Gasteiger partial charge in [0, 0.05) is 13.1 Å². The summed E-state index contributed by atoms with van der Waals surface area (Å²) in [6.45, 7) is 5.14. The molecule has 17 heavy (non-hydrogen) atoms. The van der Waals surface area contributed by atoms with Gasteiger partial charge in [-0.1, -0.05) is 13.8 Å². The topological polar surface area (TPSA) is 58.6 Å². The molecule has 1 fully saturated rings. The molecule has 2 atom stereocenters. The number of nitrogens with zero attached hydrogens (tertiary/aromatic N) is 1. The second kappa shape index (κ2) is 6.14. The van der Waals surface area contributed by atoms with Crippen LogP contribution in [0.2, 0.25) is 0 Å². The number of rotatable bonds is 3. The summed E-state index contributed by atoms with van der Waals surface area (Å²) in [5, 5.41) is 2.43. The van der Waals surface area contributed by atoms with Crippen molar-refractivity contribution in [3.63, 3.8) is 0 Å². The van der Waals surface area contributed by atoms with Crippen molar-refractivity contribution < 1.29 is 14.3 Å². The van der Waals surface area contributed by atoms with Gasteiger partial charge in [-0.25, -0.2) is 4.79 Å². The number of hydrogen-bond acceptors (Lipinski definition) is 4. The van der Waals surface area contributed by atoms with E-state index >= 15 is 0 Å². The average molecular weight is 260 g/mol. The van der Waals surface area contributed by atoms with Gasteiger partial charge >= 0.3 is 6.09 Å². The normalized spacial score (nSPS) is 21.5. The van der Waals surface area contributed by atoms with Crippen LogP contribution in [0.15, 0.2) is 0 Å². The van der Waals surface area contributed by atoms with Gasteiger partial charge in [0.2, 0.25) is 5.91 Å². The van der Waals surface area contributed by atoms with Crippen LogP contribution >= 0.6 is 12.6 Å². The molecule has 0 radical (unpaired) electrons. The smallest absolute Gasteiger partial charge is 0.407 e. The SMILES string of the molecule is COC(=O)NC1CCN(C(=O)C(S)C(C)C)C1. The van der Waals surface area contributed by atoms with Crippen molar-refractivity contribution in [3.05, 3.63) is 0 Å². The molecule has 0 aromatic carbocycles. The number of hydrogen-bond donors (Lipinski definition) is 2. The van der Waals surface area contributed by atoms with Crippen molar-refractivity contribution in [2.45, 2.75) is 31.6 Å². The summed E-state index contributed by atoms with van der Waals surface area (Å²) in [4.78, 5) is 24.8. The summed E-state index contributed by atoms with van der Waals surface area (Å²) in [6.07, 6.45) is 0.315. The Hall–Kier alpha value is -0.910. The predicted octanol–water partition coefficient (Wildman–Crippen LogP) is 0.898. The lowest BCUT2D eigenvalue weighted by Crippen LogP contribution is -2.41. The van der Waals surface area contributed by atoms with Gasteiger partial charge in [-0.15, -0.1) is 0 Å². The number of nitrogens with one attached hydrogen (secondary N) is 1. The van der Waals surface area contributed by atoms with Gasteiger partial charge in [0.05, 0.1) is 18.4 Å². The Morgan fingerprint density at radius 2 is 2.12 bits per heavy atom. The first-order valence-corrected chi connectivity index (χ1v) is 6.28. The maximum absolute atomic E-state index is 12.0. The first kappa shape index (κ1) is 14.2. The van der Waals surface area contributed by atoms with Crippen LogP contribution in [0.25, 0.3) is 0 Å². The third-order valence-corrected chi connectivity index (χ3v) is 3.71. The summed E-state index contributed by atoms with van der Waals surface area (Å²) in [5.74, 6) is 0.246. The molecule has 0 spiro atoms. The molecule has 0 bridgehead atoms. The Kier molecular flexibility index (Phi) is 5.11. The summed E-state index contributed by atoms with van der Waals surface area (Å²) in [5.41, 5.74) is 0. The third-order valence-electron chi connectivity index (χ3n) is 2.89. The fraction of sp³-hybridized carbons (Fsp3) is 0.818. The van der Waals surface area contributed by atoms with Crippen LogP contribution < -0.4 is 5.32 Å². The van der Waals surface area contributed by atoms with Crippen LogP contribution in [0.4, 0.5) is 4.79 Å². The van der Waals surface area contributed by atoms with Gasteiger partial charge in [0.15, 0.2) is 0 Å². The summed E-state index contributed by atoms with van der Waals surface area (Å²) in [6, 6.07) is -0.0147. The fourth-order valence-electron chi connectivity index (χ4n) is 1.78. The van der Waals surface area contributed by atoms with Gasteiger partial charge in [-0.05, 0) is 12.3 Å². The van der Waals surface area contributed by atoms with Crippen LogP contribution in [-0.4, -0.2) is 48.4 Å². The maximum Gasteiger partial charge on any atom is 0.407 e. The number of ether oxygens (including phenoxy) is 1. The molecule has 2 amide bonds. The van der Waals surface area contributed by atoms with Gasteiger partial charge < -0.3 is 15.0 Å². The van der Waals surface area contributed by atoms with Crippen molar-refractivity contribution in [1.29, 1.82) is 0 Å². The van der Waals surface area contributed by atoms with Crippen LogP contribution in [0.1, 0.15) is 20.3 Å². The number of amides is 2. The van der Waals surface area contributed by atoms with E-state index in [9.17, 15) is 9.59 Å². The van der Waals surface area contributed by atoms with Crippen LogP contribution in [0.5, 0.6) is 0 Å². The van der Waals surface area contributed by atoms with Gasteiger partial charge in [-0.3, -0.25) is 4.79 Å². The van der Waals surface area contributed by atoms with Gasteiger partial charge in [-0.2, -0.15) is 12.6 Å². The highest BCUT2D eigenvalue weighted by Gasteiger charge is 2.31. The van der Waals surface area contributed by atoms with Crippen molar-refractivity contribution in [2.24, 2.45) is 5.92 Å². The number of methoxy groups -OCH3 is 1. The van der Waals surface area contributed by atoms with E-state index in [-0.39, 0.29) is 23.1 Å². The molecule has 98 valence electrons. The van der Waals surface area contributed by atoms with Crippen molar-refractivity contribution in [2.75, 3.05) is 20.2 Å². The minimum Gasteiger partial charge on any atom is -0.453 e. The molecule has 1 saturated heterocycles. The second-order valence-corrected chi connectivity index (χ2v) is 5.15. The molecule has 1 heterocycles. The van der Waals surface area contributed by atoms with Gasteiger partial charge in [0.1, 0.15) is 0 Å². The highest BCUT2D eigenvalue weighted by molar-refractivity contribution is 7.81. The molecule has 6 heteroatoms. The Morgan fingerprint density at radius 1 is 1.47 bits per heavy atom. The zero-order valence-electron chi connectivity index (χ0n) is 10.5. The fourth-order valence-corrected chi connectivity index (χ4v) is 1.94. The molecule has 0 aromatic heterocycles. The minimum absolute atomic E-state index is 0.0147. The Morgan fingerprint density at radius 3 is 2.65 bits per heavy atom. The van der Waals surface area contributed by atoms with E-state index in [4.69, 9.17) is 0 Å². The molecule has 2 unspecified atom stereocenters. The summed E-state index contributed by atoms with van der Waals surface area (Å²) < 4.78 is 4.52. The van der Waals surface area contributed by atoms with E-state index in [0.717, 1.165) is 6.42 Å². The van der Waals surface area contributed by atoms with Gasteiger partial charge in [0.25, 0.3) is 0 Å². The van der Waals surface area contributed by atoms with E-state index in [1.807, 2.05) is 13.8 Å². The van der Waals surface area contributed by atoms with Crippen molar-refractivity contribution in [3.8, 4) is 0 Å². The molecule has 1 aliphatic heterocycles. The van der Waals surface area contributed by atoms with E-state index in [1.165, 1.54) is 7.11 Å². The maximum atomic E-state index is 12.0. The zero-order valence-corrected chi connectivity index (χ0v) is 11.4. The summed E-state index contributed by atoms with van der Waals surface area (Å²) >= 11 is 4.31. The number of alkyl carbamates (subject to hydrolysis) is 1. The lowest BCUT2D eigenvalue weighted by Gasteiger charge is -2.22. The first-order valence-electron chi connectivity index (χ1n) is 5.77. The van der Waals surface area contributed by atoms with E-state index in [1.54, 1.807) is 4.90 Å². The average Bonchev–Trinajstić information content (AvgIpc) is 2.75. The zero-order chi connectivity index (χ0) is 13.0. The van der Waals surface area contributed by atoms with Crippen molar-refractivity contribution in [1.82, 2.24) is 10.2 Å². The van der Waals surface area contributed by atoms with Crippen molar-refractivity contribution >= 4 is 24.6 Å². The molecule has 5 nitrogen and oxygen atoms in total. The molecule has 1 aliphatic rings. The van der Waals surface area contributed by atoms with E-state index in [2.05, 4.69) is 22.7 Å². The Labute approximate surface area is 107 Å². The molecule has 1 N–H and O–H groups in total. The monoisotopic (exact) mass is 260 g/mol. The number of carbonyl (C=O) groups is 2. The highest BCUT2D eigenvalue weighted by Crippen LogP contribution is 2.17. The Balaban J connectivity index is 2.44. The third kappa shape index (κ3) is 3.80. The highest BCUT2D eigenvalue weighted by atomic mass is 32.1.